The zero-order valence-corrected chi connectivity index (χ0v) is 17.3. The van der Waals surface area contributed by atoms with E-state index in [1.807, 2.05) is 41.8 Å². The van der Waals surface area contributed by atoms with Crippen molar-refractivity contribution in [3.63, 3.8) is 0 Å². The summed E-state index contributed by atoms with van der Waals surface area (Å²) in [5, 5.41) is 26.6. The summed E-state index contributed by atoms with van der Waals surface area (Å²) in [6.07, 6.45) is 2.08. The normalized spacial score (nSPS) is 31.1. The molecule has 29 heavy (non-hydrogen) atoms. The number of benzene rings is 1. The second kappa shape index (κ2) is 8.27. The molecule has 2 fully saturated rings. The number of hydrogen-bond acceptors (Lipinski definition) is 6. The molecule has 152 valence electrons. The quantitative estimate of drug-likeness (QED) is 0.764. The fraction of sp³-hybridized carbons (Fsp3) is 0.478. The lowest BCUT2D eigenvalue weighted by atomic mass is 9.61. The first-order valence-electron chi connectivity index (χ1n) is 10.1. The summed E-state index contributed by atoms with van der Waals surface area (Å²) in [5.41, 5.74) is -0.365. The van der Waals surface area contributed by atoms with Crippen LogP contribution in [0, 0.1) is 29.1 Å². The first kappa shape index (κ1) is 20.1. The van der Waals surface area contributed by atoms with Gasteiger partial charge in [0.1, 0.15) is 5.75 Å². The van der Waals surface area contributed by atoms with Gasteiger partial charge in [-0.25, -0.2) is 0 Å². The van der Waals surface area contributed by atoms with Crippen LogP contribution in [0.15, 0.2) is 41.8 Å². The minimum Gasteiger partial charge on any atom is -0.496 e. The van der Waals surface area contributed by atoms with Crippen molar-refractivity contribution in [2.75, 3.05) is 13.7 Å². The predicted molar refractivity (Wildman–Crippen MR) is 112 cm³/mol. The van der Waals surface area contributed by atoms with Crippen molar-refractivity contribution in [1.82, 2.24) is 5.32 Å². The van der Waals surface area contributed by atoms with Crippen LogP contribution in [-0.2, 0) is 16.8 Å². The second-order valence-electron chi connectivity index (χ2n) is 8.17. The number of ketones is 1. The molecule has 1 unspecified atom stereocenters. The van der Waals surface area contributed by atoms with E-state index in [4.69, 9.17) is 4.74 Å². The van der Waals surface area contributed by atoms with Gasteiger partial charge in [0, 0.05) is 35.7 Å². The number of aliphatic hydroxyl groups is 1. The van der Waals surface area contributed by atoms with E-state index in [1.165, 1.54) is 0 Å². The fourth-order valence-electron chi connectivity index (χ4n) is 5.32. The maximum atomic E-state index is 13.1. The minimum absolute atomic E-state index is 0.00414. The Labute approximate surface area is 175 Å². The predicted octanol–water partition coefficient (Wildman–Crippen LogP) is 3.28. The summed E-state index contributed by atoms with van der Waals surface area (Å²) in [5.74, 6) is 0.781. The number of fused-ring (bicyclic) bond motifs is 1. The van der Waals surface area contributed by atoms with E-state index in [9.17, 15) is 15.2 Å². The molecule has 0 spiro atoms. The molecule has 2 aromatic rings. The van der Waals surface area contributed by atoms with E-state index in [-0.39, 0.29) is 29.6 Å². The molecule has 1 aliphatic heterocycles. The number of nitriles is 1. The molecule has 1 saturated carbocycles. The Morgan fingerprint density at radius 1 is 1.38 bits per heavy atom. The Hall–Kier alpha value is -2.20. The Kier molecular flexibility index (Phi) is 5.73. The van der Waals surface area contributed by atoms with Gasteiger partial charge in [-0.05, 0) is 42.2 Å². The smallest absolute Gasteiger partial charge is 0.155 e. The van der Waals surface area contributed by atoms with E-state index < -0.39 is 5.60 Å². The topological polar surface area (TPSA) is 82.3 Å². The van der Waals surface area contributed by atoms with Gasteiger partial charge in [-0.1, -0.05) is 24.3 Å². The SMILES string of the molecule is COc1ccccc1[C@]1(O)C[C@H](CC#N)C[C@H]2C(C(=O)Cc3cccs3)NC[C@H]21. The summed E-state index contributed by atoms with van der Waals surface area (Å²) in [7, 11) is 1.61. The summed E-state index contributed by atoms with van der Waals surface area (Å²) >= 11 is 1.59. The van der Waals surface area contributed by atoms with Gasteiger partial charge in [-0.15, -0.1) is 11.3 Å². The number of methoxy groups -OCH3 is 1. The number of hydrogen-bond donors (Lipinski definition) is 2. The van der Waals surface area contributed by atoms with Gasteiger partial charge in [0.15, 0.2) is 5.78 Å². The first-order chi connectivity index (χ1) is 14.1. The van der Waals surface area contributed by atoms with Crippen molar-refractivity contribution >= 4 is 17.1 Å². The second-order valence-corrected chi connectivity index (χ2v) is 9.20. The molecule has 0 amide bonds. The highest BCUT2D eigenvalue weighted by Gasteiger charge is 2.55. The molecular weight excluding hydrogens is 384 g/mol. The van der Waals surface area contributed by atoms with Crippen LogP contribution in [0.4, 0.5) is 0 Å². The number of para-hydroxylation sites is 1. The standard InChI is InChI=1S/C23H26N2O3S/c1-28-21-7-3-2-6-18(21)23(27)13-15(8-9-24)11-17-19(23)14-25-22(17)20(26)12-16-5-4-10-29-16/h2-7,10,15,17,19,22,25,27H,8,11-14H2,1H3/t15-,17-,19-,22?,23-/m1/s1. The number of ether oxygens (including phenoxy) is 1. The highest BCUT2D eigenvalue weighted by molar-refractivity contribution is 7.10. The molecular formula is C23H26N2O3S. The third kappa shape index (κ3) is 3.71. The molecule has 1 aliphatic carbocycles. The van der Waals surface area contributed by atoms with E-state index in [2.05, 4.69) is 11.4 Å². The molecule has 5 nitrogen and oxygen atoms in total. The number of carbonyl (C=O) groups is 1. The van der Waals surface area contributed by atoms with E-state index in [0.29, 0.717) is 31.6 Å². The van der Waals surface area contributed by atoms with Crippen LogP contribution >= 0.6 is 11.3 Å². The summed E-state index contributed by atoms with van der Waals surface area (Å²) < 4.78 is 5.54. The van der Waals surface area contributed by atoms with Crippen molar-refractivity contribution < 1.29 is 14.6 Å². The van der Waals surface area contributed by atoms with Crippen LogP contribution in [0.5, 0.6) is 5.75 Å². The van der Waals surface area contributed by atoms with Gasteiger partial charge in [0.25, 0.3) is 0 Å². The Morgan fingerprint density at radius 3 is 2.93 bits per heavy atom. The van der Waals surface area contributed by atoms with Crippen LogP contribution < -0.4 is 10.1 Å². The molecule has 2 heterocycles. The molecule has 2 N–H and O–H groups in total. The third-order valence-corrected chi connectivity index (χ3v) is 7.43. The number of nitrogens with zero attached hydrogens (tertiary/aromatic N) is 1. The average Bonchev–Trinajstić information content (AvgIpc) is 3.38. The van der Waals surface area contributed by atoms with Crippen LogP contribution in [-0.4, -0.2) is 30.6 Å². The maximum absolute atomic E-state index is 13.1. The van der Waals surface area contributed by atoms with Crippen LogP contribution in [0.1, 0.15) is 29.7 Å². The lowest BCUT2D eigenvalue weighted by molar-refractivity contribution is -0.124. The zero-order chi connectivity index (χ0) is 20.4. The van der Waals surface area contributed by atoms with Crippen LogP contribution in [0.3, 0.4) is 0 Å². The maximum Gasteiger partial charge on any atom is 0.155 e. The molecule has 4 rings (SSSR count). The van der Waals surface area contributed by atoms with Crippen molar-refractivity contribution in [1.29, 1.82) is 5.26 Å². The largest absolute Gasteiger partial charge is 0.496 e. The zero-order valence-electron chi connectivity index (χ0n) is 16.5. The molecule has 6 heteroatoms. The number of rotatable bonds is 6. The third-order valence-electron chi connectivity index (χ3n) is 6.55. The molecule has 1 saturated heterocycles. The van der Waals surface area contributed by atoms with Gasteiger partial charge in [-0.3, -0.25) is 4.79 Å². The highest BCUT2D eigenvalue weighted by Crippen LogP contribution is 2.52. The van der Waals surface area contributed by atoms with Gasteiger partial charge < -0.3 is 15.2 Å². The summed E-state index contributed by atoms with van der Waals surface area (Å²) in [6, 6.07) is 13.5. The minimum atomic E-state index is -1.12. The monoisotopic (exact) mass is 410 g/mol. The lowest BCUT2D eigenvalue weighted by Gasteiger charge is -2.46. The number of thiophene rings is 1. The van der Waals surface area contributed by atoms with Crippen LogP contribution in [0.25, 0.3) is 0 Å². The first-order valence-corrected chi connectivity index (χ1v) is 11.0. The number of carbonyl (C=O) groups excluding carboxylic acids is 1. The number of nitrogens with one attached hydrogen (secondary N) is 1. The average molecular weight is 411 g/mol. The molecule has 0 radical (unpaired) electrons. The van der Waals surface area contributed by atoms with E-state index >= 15 is 0 Å². The van der Waals surface area contributed by atoms with Crippen molar-refractivity contribution in [2.24, 2.45) is 17.8 Å². The Balaban J connectivity index is 1.66. The van der Waals surface area contributed by atoms with Crippen LogP contribution in [0.2, 0.25) is 0 Å². The Morgan fingerprint density at radius 2 is 2.21 bits per heavy atom. The van der Waals surface area contributed by atoms with Crippen molar-refractivity contribution in [3.8, 4) is 11.8 Å². The van der Waals surface area contributed by atoms with Gasteiger partial charge in [-0.2, -0.15) is 5.26 Å². The summed E-state index contributed by atoms with van der Waals surface area (Å²) in [4.78, 5) is 14.1. The van der Waals surface area contributed by atoms with Gasteiger partial charge in [0.05, 0.1) is 24.8 Å². The highest BCUT2D eigenvalue weighted by atomic mass is 32.1. The molecule has 0 bridgehead atoms. The molecule has 2 aliphatic rings. The molecule has 1 aromatic carbocycles. The fourth-order valence-corrected chi connectivity index (χ4v) is 6.03. The van der Waals surface area contributed by atoms with Gasteiger partial charge in [0.2, 0.25) is 0 Å². The molecule has 5 atom stereocenters. The van der Waals surface area contributed by atoms with Gasteiger partial charge >= 0.3 is 0 Å². The van der Waals surface area contributed by atoms with E-state index in [0.717, 1.165) is 16.9 Å². The van der Waals surface area contributed by atoms with E-state index in [1.54, 1.807) is 18.4 Å². The Bertz CT molecular complexity index is 907. The molecule has 1 aromatic heterocycles. The number of Topliss-reactive ketones (excluding diaryl/α,β-unsaturated/α-hetero) is 1. The lowest BCUT2D eigenvalue weighted by Crippen LogP contribution is -2.48. The van der Waals surface area contributed by atoms with Crippen molar-refractivity contribution in [2.45, 2.75) is 37.3 Å². The summed E-state index contributed by atoms with van der Waals surface area (Å²) in [6.45, 7) is 0.583. The van der Waals surface area contributed by atoms with Crippen molar-refractivity contribution in [3.05, 3.63) is 52.2 Å².